The van der Waals surface area contributed by atoms with E-state index in [-0.39, 0.29) is 6.04 Å². The third-order valence-electron chi connectivity index (χ3n) is 3.34. The maximum atomic E-state index is 6.12. The van der Waals surface area contributed by atoms with Crippen molar-refractivity contribution in [1.82, 2.24) is 4.98 Å². The number of rotatable bonds is 2. The molecule has 0 radical (unpaired) electrons. The van der Waals surface area contributed by atoms with E-state index in [9.17, 15) is 0 Å². The van der Waals surface area contributed by atoms with Gasteiger partial charge in [-0.1, -0.05) is 34.1 Å². The lowest BCUT2D eigenvalue weighted by molar-refractivity contribution is 0.562. The standard InChI is InChI=1S/C14H15BrN2S/c15-10-5-2-1-4-9(10)8-13-17-14-11(16)6-3-7-12(14)18-13/h1-2,4-5,11H,3,6-8,16H2. The first-order valence-electron chi connectivity index (χ1n) is 6.21. The normalized spacial score (nSPS) is 18.7. The molecule has 2 N–H and O–H groups in total. The van der Waals surface area contributed by atoms with Crippen molar-refractivity contribution in [3.05, 3.63) is 49.9 Å². The smallest absolute Gasteiger partial charge is 0.0976 e. The summed E-state index contributed by atoms with van der Waals surface area (Å²) < 4.78 is 1.16. The molecule has 94 valence electrons. The van der Waals surface area contributed by atoms with Gasteiger partial charge in [0.05, 0.1) is 10.7 Å². The summed E-state index contributed by atoms with van der Waals surface area (Å²) in [5.41, 5.74) is 8.55. The summed E-state index contributed by atoms with van der Waals surface area (Å²) in [4.78, 5) is 6.14. The van der Waals surface area contributed by atoms with Crippen LogP contribution in [-0.4, -0.2) is 4.98 Å². The number of aromatic nitrogens is 1. The fourth-order valence-electron chi connectivity index (χ4n) is 2.38. The first-order valence-corrected chi connectivity index (χ1v) is 7.82. The van der Waals surface area contributed by atoms with Gasteiger partial charge < -0.3 is 5.73 Å². The average Bonchev–Trinajstić information content (AvgIpc) is 2.76. The Balaban J connectivity index is 1.88. The number of hydrogen-bond donors (Lipinski definition) is 1. The molecule has 4 heteroatoms. The molecule has 2 aromatic rings. The Morgan fingerprint density at radius 2 is 2.22 bits per heavy atom. The number of nitrogens with two attached hydrogens (primary N) is 1. The lowest BCUT2D eigenvalue weighted by atomic mass is 9.99. The predicted molar refractivity (Wildman–Crippen MR) is 78.9 cm³/mol. The SMILES string of the molecule is NC1CCCc2sc(Cc3ccccc3Br)nc21. The molecule has 0 amide bonds. The zero-order valence-corrected chi connectivity index (χ0v) is 12.4. The largest absolute Gasteiger partial charge is 0.323 e. The van der Waals surface area contributed by atoms with Gasteiger partial charge in [0.1, 0.15) is 0 Å². The number of aryl methyl sites for hydroxylation is 1. The predicted octanol–water partition coefficient (Wildman–Crippen LogP) is 3.83. The molecule has 1 aromatic heterocycles. The molecule has 1 atom stereocenters. The van der Waals surface area contributed by atoms with Crippen molar-refractivity contribution in [2.24, 2.45) is 5.73 Å². The van der Waals surface area contributed by atoms with Gasteiger partial charge in [-0.3, -0.25) is 0 Å². The van der Waals surface area contributed by atoms with Crippen LogP contribution in [0.25, 0.3) is 0 Å². The van der Waals surface area contributed by atoms with Crippen LogP contribution >= 0.6 is 27.3 Å². The van der Waals surface area contributed by atoms with E-state index in [2.05, 4.69) is 34.1 Å². The molecule has 3 rings (SSSR count). The third kappa shape index (κ3) is 2.37. The number of thiazole rings is 1. The molecule has 2 nitrogen and oxygen atoms in total. The van der Waals surface area contributed by atoms with Crippen molar-refractivity contribution in [1.29, 1.82) is 0 Å². The number of nitrogens with zero attached hydrogens (tertiary/aromatic N) is 1. The summed E-state index contributed by atoms with van der Waals surface area (Å²) in [5, 5.41) is 1.18. The molecular formula is C14H15BrN2S. The molecule has 0 aliphatic heterocycles. The highest BCUT2D eigenvalue weighted by Gasteiger charge is 2.21. The van der Waals surface area contributed by atoms with Crippen molar-refractivity contribution >= 4 is 27.3 Å². The van der Waals surface area contributed by atoms with Crippen molar-refractivity contribution < 1.29 is 0 Å². The third-order valence-corrected chi connectivity index (χ3v) is 5.25. The molecule has 1 unspecified atom stereocenters. The van der Waals surface area contributed by atoms with E-state index in [1.165, 1.54) is 21.9 Å². The Bertz CT molecular complexity index is 565. The minimum atomic E-state index is 0.151. The molecule has 1 aromatic carbocycles. The first kappa shape index (κ1) is 12.3. The number of fused-ring (bicyclic) bond motifs is 1. The maximum absolute atomic E-state index is 6.12. The fourth-order valence-corrected chi connectivity index (χ4v) is 4.01. The molecule has 0 bridgehead atoms. The Hall–Kier alpha value is -0.710. The van der Waals surface area contributed by atoms with E-state index < -0.39 is 0 Å². The van der Waals surface area contributed by atoms with E-state index in [0.29, 0.717) is 0 Å². The van der Waals surface area contributed by atoms with Crippen molar-refractivity contribution in [3.8, 4) is 0 Å². The molecule has 18 heavy (non-hydrogen) atoms. The van der Waals surface area contributed by atoms with Crippen LogP contribution in [0.3, 0.4) is 0 Å². The summed E-state index contributed by atoms with van der Waals surface area (Å²) in [5.74, 6) is 0. The summed E-state index contributed by atoms with van der Waals surface area (Å²) in [7, 11) is 0. The van der Waals surface area contributed by atoms with Crippen LogP contribution in [0.5, 0.6) is 0 Å². The summed E-state index contributed by atoms with van der Waals surface area (Å²) in [6, 6.07) is 8.48. The van der Waals surface area contributed by atoms with Gasteiger partial charge in [-0.25, -0.2) is 4.98 Å². The van der Waals surface area contributed by atoms with Gasteiger partial charge in [0, 0.05) is 21.8 Å². The molecule has 0 spiro atoms. The van der Waals surface area contributed by atoms with Crippen LogP contribution in [0, 0.1) is 0 Å². The van der Waals surface area contributed by atoms with Gasteiger partial charge in [0.15, 0.2) is 0 Å². The first-order chi connectivity index (χ1) is 8.74. The molecular weight excluding hydrogens is 308 g/mol. The molecule has 0 saturated carbocycles. The summed E-state index contributed by atoms with van der Waals surface area (Å²) in [6.45, 7) is 0. The second kappa shape index (κ2) is 5.11. The minimum absolute atomic E-state index is 0.151. The monoisotopic (exact) mass is 322 g/mol. The molecule has 0 fully saturated rings. The highest BCUT2D eigenvalue weighted by molar-refractivity contribution is 9.10. The number of halogens is 1. The fraction of sp³-hybridized carbons (Fsp3) is 0.357. The Kier molecular flexibility index (Phi) is 3.50. The van der Waals surface area contributed by atoms with Crippen LogP contribution in [0.2, 0.25) is 0 Å². The van der Waals surface area contributed by atoms with Gasteiger partial charge in [-0.05, 0) is 30.9 Å². The molecule has 1 heterocycles. The van der Waals surface area contributed by atoms with Crippen LogP contribution in [0.4, 0.5) is 0 Å². The van der Waals surface area contributed by atoms with Gasteiger partial charge in [-0.15, -0.1) is 11.3 Å². The number of benzene rings is 1. The molecule has 1 aliphatic rings. The van der Waals surface area contributed by atoms with Gasteiger partial charge in [0.2, 0.25) is 0 Å². The number of hydrogen-bond acceptors (Lipinski definition) is 3. The second-order valence-corrected chi connectivity index (χ2v) is 6.71. The molecule has 0 saturated heterocycles. The van der Waals surface area contributed by atoms with E-state index in [1.54, 1.807) is 0 Å². The Labute approximate surface area is 119 Å². The second-order valence-electron chi connectivity index (χ2n) is 4.68. The summed E-state index contributed by atoms with van der Waals surface area (Å²) >= 11 is 5.42. The van der Waals surface area contributed by atoms with Crippen molar-refractivity contribution in [2.75, 3.05) is 0 Å². The van der Waals surface area contributed by atoms with E-state index in [1.807, 2.05) is 17.4 Å². The summed E-state index contributed by atoms with van der Waals surface area (Å²) in [6.07, 6.45) is 4.32. The molecule has 1 aliphatic carbocycles. The Morgan fingerprint density at radius 3 is 3.00 bits per heavy atom. The Morgan fingerprint density at radius 1 is 1.39 bits per heavy atom. The van der Waals surface area contributed by atoms with Crippen LogP contribution in [0.15, 0.2) is 28.7 Å². The minimum Gasteiger partial charge on any atom is -0.323 e. The van der Waals surface area contributed by atoms with Gasteiger partial charge >= 0.3 is 0 Å². The highest BCUT2D eigenvalue weighted by atomic mass is 79.9. The van der Waals surface area contributed by atoms with Crippen LogP contribution in [-0.2, 0) is 12.8 Å². The highest BCUT2D eigenvalue weighted by Crippen LogP contribution is 2.33. The zero-order valence-electron chi connectivity index (χ0n) is 10.0. The zero-order chi connectivity index (χ0) is 12.5. The topological polar surface area (TPSA) is 38.9 Å². The lowest BCUT2D eigenvalue weighted by Crippen LogP contribution is -2.16. The van der Waals surface area contributed by atoms with Crippen molar-refractivity contribution in [3.63, 3.8) is 0 Å². The van der Waals surface area contributed by atoms with Crippen LogP contribution < -0.4 is 5.73 Å². The van der Waals surface area contributed by atoms with E-state index in [4.69, 9.17) is 10.7 Å². The van der Waals surface area contributed by atoms with Gasteiger partial charge in [-0.2, -0.15) is 0 Å². The van der Waals surface area contributed by atoms with Crippen LogP contribution in [0.1, 0.15) is 40.0 Å². The van der Waals surface area contributed by atoms with Gasteiger partial charge in [0.25, 0.3) is 0 Å². The van der Waals surface area contributed by atoms with E-state index >= 15 is 0 Å². The average molecular weight is 323 g/mol. The lowest BCUT2D eigenvalue weighted by Gasteiger charge is -2.15. The maximum Gasteiger partial charge on any atom is 0.0976 e. The van der Waals surface area contributed by atoms with E-state index in [0.717, 1.165) is 29.4 Å². The quantitative estimate of drug-likeness (QED) is 0.912. The van der Waals surface area contributed by atoms with Crippen molar-refractivity contribution in [2.45, 2.75) is 31.7 Å².